The summed E-state index contributed by atoms with van der Waals surface area (Å²) in [6.07, 6.45) is 0. The first-order valence-electron chi connectivity index (χ1n) is 5.68. The zero-order chi connectivity index (χ0) is 13.3. The van der Waals surface area contributed by atoms with Crippen molar-refractivity contribution in [3.63, 3.8) is 0 Å². The van der Waals surface area contributed by atoms with Crippen molar-refractivity contribution in [1.29, 1.82) is 0 Å². The van der Waals surface area contributed by atoms with E-state index >= 15 is 0 Å². The molecule has 0 radical (unpaired) electrons. The van der Waals surface area contributed by atoms with Crippen LogP contribution in [0.25, 0.3) is 0 Å². The molecular weight excluding hydrogens is 250 g/mol. The normalized spacial score (nSPS) is 23.1. The average Bonchev–Trinajstić information content (AvgIpc) is 2.73. The first-order chi connectivity index (χ1) is 8.50. The lowest BCUT2D eigenvalue weighted by Crippen LogP contribution is -2.48. The second kappa shape index (κ2) is 5.02. The zero-order valence-electron chi connectivity index (χ0n) is 10.3. The minimum absolute atomic E-state index is 0.231. The van der Waals surface area contributed by atoms with Gasteiger partial charge in [-0.15, -0.1) is 11.8 Å². The average molecular weight is 264 g/mol. The predicted molar refractivity (Wildman–Crippen MR) is 67.7 cm³/mol. The van der Waals surface area contributed by atoms with Crippen LogP contribution >= 0.6 is 11.8 Å². The molecule has 96 valence electrons. The SMILES string of the molecule is CC(=O)N1[C@@H](C(=O)[O-])CS[C@@H]1c1cccc(C)c1. The number of carboxylic acids is 1. The van der Waals surface area contributed by atoms with Crippen molar-refractivity contribution in [3.8, 4) is 0 Å². The molecule has 1 fully saturated rings. The number of aryl methyl sites for hydroxylation is 1. The molecule has 5 heteroatoms. The summed E-state index contributed by atoms with van der Waals surface area (Å²) in [6, 6.07) is 6.94. The molecular formula is C13H14NO3S-. The fourth-order valence-corrected chi connectivity index (χ4v) is 3.61. The Balaban J connectivity index is 2.33. The van der Waals surface area contributed by atoms with E-state index < -0.39 is 12.0 Å². The van der Waals surface area contributed by atoms with Crippen LogP contribution in [0.4, 0.5) is 0 Å². The number of nitrogens with zero attached hydrogens (tertiary/aromatic N) is 1. The number of carboxylic acid groups (broad SMARTS) is 1. The van der Waals surface area contributed by atoms with E-state index in [0.29, 0.717) is 5.75 Å². The third kappa shape index (κ3) is 2.36. The molecule has 1 aliphatic rings. The van der Waals surface area contributed by atoms with Gasteiger partial charge < -0.3 is 14.8 Å². The highest BCUT2D eigenvalue weighted by Crippen LogP contribution is 2.41. The van der Waals surface area contributed by atoms with Gasteiger partial charge in [0.2, 0.25) is 5.91 Å². The van der Waals surface area contributed by atoms with Gasteiger partial charge in [0.05, 0.1) is 12.0 Å². The molecule has 1 saturated heterocycles. The minimum Gasteiger partial charge on any atom is -0.548 e. The van der Waals surface area contributed by atoms with Crippen molar-refractivity contribution in [1.82, 2.24) is 4.90 Å². The van der Waals surface area contributed by atoms with Crippen LogP contribution < -0.4 is 5.11 Å². The molecule has 0 aromatic heterocycles. The van der Waals surface area contributed by atoms with Crippen LogP contribution in [0.3, 0.4) is 0 Å². The van der Waals surface area contributed by atoms with E-state index in [2.05, 4.69) is 0 Å². The number of thioether (sulfide) groups is 1. The largest absolute Gasteiger partial charge is 0.548 e. The molecule has 1 amide bonds. The highest BCUT2D eigenvalue weighted by atomic mass is 32.2. The molecule has 0 bridgehead atoms. The minimum atomic E-state index is -1.19. The van der Waals surface area contributed by atoms with Gasteiger partial charge in [0.15, 0.2) is 0 Å². The highest BCUT2D eigenvalue weighted by molar-refractivity contribution is 7.99. The van der Waals surface area contributed by atoms with Crippen LogP contribution in [0.2, 0.25) is 0 Å². The third-order valence-corrected chi connectivity index (χ3v) is 4.29. The predicted octanol–water partition coefficient (Wildman–Crippen LogP) is 0.707. The first-order valence-corrected chi connectivity index (χ1v) is 6.73. The molecule has 1 heterocycles. The Bertz CT molecular complexity index is 489. The topological polar surface area (TPSA) is 60.4 Å². The van der Waals surface area contributed by atoms with Gasteiger partial charge in [0.1, 0.15) is 5.37 Å². The summed E-state index contributed by atoms with van der Waals surface area (Å²) in [5.74, 6) is -1.05. The Morgan fingerprint density at radius 1 is 1.44 bits per heavy atom. The molecule has 4 nitrogen and oxygen atoms in total. The maximum absolute atomic E-state index is 11.7. The number of benzene rings is 1. The quantitative estimate of drug-likeness (QED) is 0.789. The zero-order valence-corrected chi connectivity index (χ0v) is 11.1. The molecule has 0 N–H and O–H groups in total. The molecule has 0 saturated carbocycles. The molecule has 2 atom stereocenters. The Kier molecular flexibility index (Phi) is 3.61. The number of hydrogen-bond donors (Lipinski definition) is 0. The van der Waals surface area contributed by atoms with Gasteiger partial charge >= 0.3 is 0 Å². The van der Waals surface area contributed by atoms with Crippen molar-refractivity contribution in [2.45, 2.75) is 25.3 Å². The van der Waals surface area contributed by atoms with Crippen LogP contribution in [0.5, 0.6) is 0 Å². The first kappa shape index (κ1) is 13.0. The number of carbonyl (C=O) groups is 2. The molecule has 0 spiro atoms. The Morgan fingerprint density at radius 2 is 2.17 bits per heavy atom. The van der Waals surface area contributed by atoms with Crippen molar-refractivity contribution in [2.75, 3.05) is 5.75 Å². The number of rotatable bonds is 2. The summed E-state index contributed by atoms with van der Waals surface area (Å²) in [5, 5.41) is 10.8. The number of hydrogen-bond acceptors (Lipinski definition) is 4. The van der Waals surface area contributed by atoms with Crippen molar-refractivity contribution >= 4 is 23.6 Å². The maximum Gasteiger partial charge on any atom is 0.221 e. The molecule has 0 aliphatic carbocycles. The Morgan fingerprint density at radius 3 is 2.72 bits per heavy atom. The van der Waals surface area contributed by atoms with Gasteiger partial charge in [-0.3, -0.25) is 4.79 Å². The fourth-order valence-electron chi connectivity index (χ4n) is 2.15. The summed E-state index contributed by atoms with van der Waals surface area (Å²) >= 11 is 1.46. The molecule has 1 aromatic rings. The van der Waals surface area contributed by atoms with Crippen LogP contribution in [-0.4, -0.2) is 28.6 Å². The second-order valence-electron chi connectivity index (χ2n) is 4.36. The molecule has 18 heavy (non-hydrogen) atoms. The second-order valence-corrected chi connectivity index (χ2v) is 5.47. The van der Waals surface area contributed by atoms with Gasteiger partial charge in [-0.25, -0.2) is 0 Å². The van der Waals surface area contributed by atoms with E-state index in [0.717, 1.165) is 11.1 Å². The monoisotopic (exact) mass is 264 g/mol. The Labute approximate surface area is 110 Å². The standard InChI is InChI=1S/C13H15NO3S/c1-8-4-3-5-10(6-8)12-14(9(2)15)11(7-18-12)13(16)17/h3-6,11-12H,7H2,1-2H3,(H,16,17)/p-1/t11-,12-/m1/s1. The summed E-state index contributed by atoms with van der Waals surface area (Å²) in [6.45, 7) is 3.36. The van der Waals surface area contributed by atoms with Gasteiger partial charge in [-0.05, 0) is 12.5 Å². The summed E-state index contributed by atoms with van der Waals surface area (Å²) in [5.41, 5.74) is 2.05. The fraction of sp³-hybridized carbons (Fsp3) is 0.385. The van der Waals surface area contributed by atoms with E-state index in [1.807, 2.05) is 31.2 Å². The lowest BCUT2D eigenvalue weighted by atomic mass is 10.1. The highest BCUT2D eigenvalue weighted by Gasteiger charge is 2.37. The number of amides is 1. The molecule has 1 aromatic carbocycles. The third-order valence-electron chi connectivity index (χ3n) is 2.96. The summed E-state index contributed by atoms with van der Waals surface area (Å²) in [4.78, 5) is 24.1. The van der Waals surface area contributed by atoms with Crippen molar-refractivity contribution < 1.29 is 14.7 Å². The smallest absolute Gasteiger partial charge is 0.221 e. The molecule has 1 aliphatic heterocycles. The van der Waals surface area contributed by atoms with E-state index in [9.17, 15) is 14.7 Å². The van der Waals surface area contributed by atoms with Gasteiger partial charge in [-0.1, -0.05) is 29.8 Å². The molecule has 0 unspecified atom stereocenters. The van der Waals surface area contributed by atoms with E-state index in [1.165, 1.54) is 23.6 Å². The number of aliphatic carboxylic acids is 1. The van der Waals surface area contributed by atoms with Gasteiger partial charge in [0.25, 0.3) is 0 Å². The van der Waals surface area contributed by atoms with Crippen molar-refractivity contribution in [2.24, 2.45) is 0 Å². The van der Waals surface area contributed by atoms with E-state index in [4.69, 9.17) is 0 Å². The lowest BCUT2D eigenvalue weighted by Gasteiger charge is -2.29. The van der Waals surface area contributed by atoms with Crippen LogP contribution in [0.1, 0.15) is 23.4 Å². The maximum atomic E-state index is 11.7. The van der Waals surface area contributed by atoms with Gasteiger partial charge in [-0.2, -0.15) is 0 Å². The summed E-state index contributed by atoms with van der Waals surface area (Å²) in [7, 11) is 0. The number of carbonyl (C=O) groups excluding carboxylic acids is 2. The van der Waals surface area contributed by atoms with Gasteiger partial charge in [0, 0.05) is 12.7 Å². The summed E-state index contributed by atoms with van der Waals surface area (Å²) < 4.78 is 0. The lowest BCUT2D eigenvalue weighted by molar-refractivity contribution is -0.310. The van der Waals surface area contributed by atoms with Crippen LogP contribution in [0, 0.1) is 6.92 Å². The molecule has 2 rings (SSSR count). The van der Waals surface area contributed by atoms with Crippen LogP contribution in [0.15, 0.2) is 24.3 Å². The Hall–Kier alpha value is -1.49. The van der Waals surface area contributed by atoms with E-state index in [-0.39, 0.29) is 11.3 Å². The van der Waals surface area contributed by atoms with Crippen molar-refractivity contribution in [3.05, 3.63) is 35.4 Å². The van der Waals surface area contributed by atoms with E-state index in [1.54, 1.807) is 0 Å². The van der Waals surface area contributed by atoms with Crippen LogP contribution in [-0.2, 0) is 9.59 Å².